The van der Waals surface area contributed by atoms with E-state index in [1.54, 1.807) is 18.3 Å². The van der Waals surface area contributed by atoms with Crippen LogP contribution in [-0.2, 0) is 9.53 Å². The van der Waals surface area contributed by atoms with Crippen molar-refractivity contribution in [2.75, 3.05) is 12.4 Å². The van der Waals surface area contributed by atoms with Crippen molar-refractivity contribution in [3.8, 4) is 0 Å². The molecule has 0 fully saturated rings. The van der Waals surface area contributed by atoms with E-state index in [1.807, 2.05) is 42.5 Å². The van der Waals surface area contributed by atoms with E-state index in [2.05, 4.69) is 10.3 Å². The van der Waals surface area contributed by atoms with Crippen LogP contribution in [0.25, 0.3) is 10.9 Å². The number of pyridine rings is 1. The number of anilines is 1. The van der Waals surface area contributed by atoms with Crippen LogP contribution in [0.1, 0.15) is 11.6 Å². The average Bonchev–Trinajstić information content (AvgIpc) is 2.59. The summed E-state index contributed by atoms with van der Waals surface area (Å²) < 4.78 is 4.93. The minimum absolute atomic E-state index is 0.352. The molecule has 3 rings (SSSR count). The van der Waals surface area contributed by atoms with Crippen LogP contribution in [0.15, 0.2) is 60.8 Å². The highest BCUT2D eigenvalue weighted by molar-refractivity contribution is 6.31. The fourth-order valence-corrected chi connectivity index (χ4v) is 2.61. The van der Waals surface area contributed by atoms with E-state index >= 15 is 0 Å². The quantitative estimate of drug-likeness (QED) is 0.729. The van der Waals surface area contributed by atoms with Crippen molar-refractivity contribution < 1.29 is 9.53 Å². The Kier molecular flexibility index (Phi) is 4.44. The Morgan fingerprint density at radius 3 is 2.70 bits per heavy atom. The number of carbonyl (C=O) groups is 1. The predicted octanol–water partition coefficient (Wildman–Crippen LogP) is 4.21. The maximum atomic E-state index is 12.2. The van der Waals surface area contributed by atoms with Crippen molar-refractivity contribution in [1.82, 2.24) is 4.98 Å². The van der Waals surface area contributed by atoms with Crippen molar-refractivity contribution in [1.29, 1.82) is 0 Å². The molecule has 116 valence electrons. The molecule has 1 unspecified atom stereocenters. The van der Waals surface area contributed by atoms with Gasteiger partial charge in [-0.2, -0.15) is 0 Å². The second-order valence-corrected chi connectivity index (χ2v) is 5.47. The van der Waals surface area contributed by atoms with E-state index in [0.29, 0.717) is 5.02 Å². The molecular formula is C18H15ClN2O2. The van der Waals surface area contributed by atoms with Gasteiger partial charge < -0.3 is 10.1 Å². The number of nitrogens with zero attached hydrogens (tertiary/aromatic N) is 1. The summed E-state index contributed by atoms with van der Waals surface area (Å²) in [6.07, 6.45) is 1.68. The number of halogens is 1. The first-order valence-corrected chi connectivity index (χ1v) is 7.50. The molecule has 0 radical (unpaired) electrons. The van der Waals surface area contributed by atoms with Gasteiger partial charge in [0.15, 0.2) is 6.04 Å². The van der Waals surface area contributed by atoms with Crippen LogP contribution in [0.3, 0.4) is 0 Å². The van der Waals surface area contributed by atoms with Crippen LogP contribution in [0.4, 0.5) is 5.69 Å². The number of hydrogen-bond donors (Lipinski definition) is 1. The first-order valence-electron chi connectivity index (χ1n) is 7.12. The van der Waals surface area contributed by atoms with Gasteiger partial charge in [0.2, 0.25) is 0 Å². The number of nitrogens with one attached hydrogen (secondary N) is 1. The Morgan fingerprint density at radius 1 is 1.17 bits per heavy atom. The van der Waals surface area contributed by atoms with Gasteiger partial charge in [-0.25, -0.2) is 4.79 Å². The molecule has 0 aliphatic heterocycles. The topological polar surface area (TPSA) is 51.2 Å². The van der Waals surface area contributed by atoms with Crippen molar-refractivity contribution >= 4 is 34.2 Å². The van der Waals surface area contributed by atoms with Gasteiger partial charge in [0, 0.05) is 22.3 Å². The van der Waals surface area contributed by atoms with E-state index in [1.165, 1.54) is 7.11 Å². The molecule has 4 nitrogen and oxygen atoms in total. The summed E-state index contributed by atoms with van der Waals surface area (Å²) in [5.74, 6) is -0.352. The molecule has 0 aliphatic carbocycles. The standard InChI is InChI=1S/C18H15ClN2O2/c1-23-18(22)17(12-5-3-2-4-6-12)21-15-9-10-20-16-11-13(19)7-8-14(15)16/h2-11,17H,1H3,(H,20,21). The fraction of sp³-hybridized carbons (Fsp3) is 0.111. The second-order valence-electron chi connectivity index (χ2n) is 5.03. The van der Waals surface area contributed by atoms with Crippen LogP contribution in [0.5, 0.6) is 0 Å². The van der Waals surface area contributed by atoms with Gasteiger partial charge in [-0.15, -0.1) is 0 Å². The molecule has 0 aliphatic rings. The summed E-state index contributed by atoms with van der Waals surface area (Å²) in [4.78, 5) is 16.5. The minimum Gasteiger partial charge on any atom is -0.467 e. The number of ether oxygens (including phenoxy) is 1. The van der Waals surface area contributed by atoms with Gasteiger partial charge in [-0.05, 0) is 29.8 Å². The van der Waals surface area contributed by atoms with Crippen LogP contribution >= 0.6 is 11.6 Å². The zero-order valence-corrected chi connectivity index (χ0v) is 13.2. The molecule has 2 aromatic carbocycles. The number of rotatable bonds is 4. The van der Waals surface area contributed by atoms with Crippen LogP contribution < -0.4 is 5.32 Å². The highest BCUT2D eigenvalue weighted by atomic mass is 35.5. The molecular weight excluding hydrogens is 312 g/mol. The van der Waals surface area contributed by atoms with E-state index in [0.717, 1.165) is 22.2 Å². The molecule has 1 atom stereocenters. The number of carbonyl (C=O) groups excluding carboxylic acids is 1. The van der Waals surface area contributed by atoms with Gasteiger partial charge in [-0.3, -0.25) is 4.98 Å². The average molecular weight is 327 g/mol. The zero-order chi connectivity index (χ0) is 16.2. The maximum Gasteiger partial charge on any atom is 0.332 e. The first-order chi connectivity index (χ1) is 11.2. The first kappa shape index (κ1) is 15.3. The minimum atomic E-state index is -0.595. The molecule has 0 saturated heterocycles. The van der Waals surface area contributed by atoms with Gasteiger partial charge in [0.05, 0.1) is 12.6 Å². The Bertz CT molecular complexity index is 837. The zero-order valence-electron chi connectivity index (χ0n) is 12.5. The Hall–Kier alpha value is -2.59. The molecule has 5 heteroatoms. The van der Waals surface area contributed by atoms with Crippen molar-refractivity contribution in [2.24, 2.45) is 0 Å². The largest absolute Gasteiger partial charge is 0.467 e. The Morgan fingerprint density at radius 2 is 1.96 bits per heavy atom. The monoisotopic (exact) mass is 326 g/mol. The summed E-state index contributed by atoms with van der Waals surface area (Å²) >= 11 is 6.01. The molecule has 1 N–H and O–H groups in total. The van der Waals surface area contributed by atoms with Gasteiger partial charge >= 0.3 is 5.97 Å². The molecule has 0 saturated carbocycles. The summed E-state index contributed by atoms with van der Waals surface area (Å²) in [5.41, 5.74) is 2.39. The third kappa shape index (κ3) is 3.27. The van der Waals surface area contributed by atoms with Crippen molar-refractivity contribution in [3.05, 3.63) is 71.4 Å². The summed E-state index contributed by atoms with van der Waals surface area (Å²) in [6.45, 7) is 0. The highest BCUT2D eigenvalue weighted by Gasteiger charge is 2.21. The number of benzene rings is 2. The third-order valence-electron chi connectivity index (χ3n) is 3.57. The summed E-state index contributed by atoms with van der Waals surface area (Å²) in [5, 5.41) is 4.76. The van der Waals surface area contributed by atoms with Gasteiger partial charge in [0.25, 0.3) is 0 Å². The van der Waals surface area contributed by atoms with Crippen LogP contribution in [-0.4, -0.2) is 18.1 Å². The maximum absolute atomic E-state index is 12.2. The lowest BCUT2D eigenvalue weighted by molar-refractivity contribution is -0.141. The molecule has 23 heavy (non-hydrogen) atoms. The fourth-order valence-electron chi connectivity index (χ4n) is 2.44. The van der Waals surface area contributed by atoms with Crippen LogP contribution in [0, 0.1) is 0 Å². The molecule has 3 aromatic rings. The Balaban J connectivity index is 2.02. The molecule has 0 bridgehead atoms. The third-order valence-corrected chi connectivity index (χ3v) is 3.81. The SMILES string of the molecule is COC(=O)C(Nc1ccnc2cc(Cl)ccc12)c1ccccc1. The summed E-state index contributed by atoms with van der Waals surface area (Å²) in [6, 6.07) is 16.1. The number of hydrogen-bond acceptors (Lipinski definition) is 4. The number of aromatic nitrogens is 1. The van der Waals surface area contributed by atoms with E-state index in [4.69, 9.17) is 16.3 Å². The lowest BCUT2D eigenvalue weighted by atomic mass is 10.1. The van der Waals surface area contributed by atoms with Crippen LogP contribution in [0.2, 0.25) is 5.02 Å². The lowest BCUT2D eigenvalue weighted by Gasteiger charge is -2.19. The lowest BCUT2D eigenvalue weighted by Crippen LogP contribution is -2.22. The molecule has 1 aromatic heterocycles. The highest BCUT2D eigenvalue weighted by Crippen LogP contribution is 2.28. The van der Waals surface area contributed by atoms with Crippen molar-refractivity contribution in [2.45, 2.75) is 6.04 Å². The smallest absolute Gasteiger partial charge is 0.332 e. The van der Waals surface area contributed by atoms with Gasteiger partial charge in [-0.1, -0.05) is 41.9 Å². The normalized spacial score (nSPS) is 11.9. The predicted molar refractivity (Wildman–Crippen MR) is 91.6 cm³/mol. The second kappa shape index (κ2) is 6.67. The van der Waals surface area contributed by atoms with E-state index in [-0.39, 0.29) is 5.97 Å². The number of methoxy groups -OCH3 is 1. The molecule has 1 heterocycles. The van der Waals surface area contributed by atoms with E-state index < -0.39 is 6.04 Å². The van der Waals surface area contributed by atoms with Gasteiger partial charge in [0.1, 0.15) is 0 Å². The van der Waals surface area contributed by atoms with E-state index in [9.17, 15) is 4.79 Å². The Labute approximate surface area is 139 Å². The molecule has 0 amide bonds. The summed E-state index contributed by atoms with van der Waals surface area (Å²) in [7, 11) is 1.38. The number of fused-ring (bicyclic) bond motifs is 1. The molecule has 0 spiro atoms. The van der Waals surface area contributed by atoms with Crippen molar-refractivity contribution in [3.63, 3.8) is 0 Å². The number of esters is 1.